The number of carboxylic acids is 7. The van der Waals surface area contributed by atoms with Crippen LogP contribution in [-0.2, 0) is 68.8 Å². The quantitative estimate of drug-likeness (QED) is 0.0376. The van der Waals surface area contributed by atoms with Gasteiger partial charge < -0.3 is 56.4 Å². The first kappa shape index (κ1) is 82.3. The Labute approximate surface area is 494 Å². The zero-order valence-corrected chi connectivity index (χ0v) is 46.9. The first-order valence-corrected chi connectivity index (χ1v) is 25.0. The molecule has 0 radical (unpaired) electrons. The molecule has 29 nitrogen and oxygen atoms in total. The van der Waals surface area contributed by atoms with E-state index in [-0.39, 0.29) is 110 Å². The fourth-order valence-electron chi connectivity index (χ4n) is 6.47. The van der Waals surface area contributed by atoms with Crippen LogP contribution in [0.2, 0.25) is 0 Å². The number of hydrogen-bond donors (Lipinski definition) is 10. The number of carbonyl (C=O) groups excluding carboxylic acids is 6. The highest BCUT2D eigenvalue weighted by Gasteiger charge is 2.40. The highest BCUT2D eigenvalue weighted by atomic mass is 19.4. The van der Waals surface area contributed by atoms with Gasteiger partial charge in [0.2, 0.25) is 11.8 Å². The number of amides is 5. The number of unbranched alkanes of at least 4 members (excludes halogenated alkanes) is 1. The van der Waals surface area contributed by atoms with Crippen LogP contribution >= 0.6 is 0 Å². The van der Waals surface area contributed by atoms with Crippen molar-refractivity contribution in [2.45, 2.75) is 82.9 Å². The number of benzene rings is 1. The van der Waals surface area contributed by atoms with Crippen molar-refractivity contribution in [3.05, 3.63) is 47.5 Å². The number of rotatable bonds is 20. The number of nitrogens with one attached hydrogen (secondary N) is 3. The van der Waals surface area contributed by atoms with E-state index in [9.17, 15) is 111 Å². The second-order valence-corrected chi connectivity index (χ2v) is 19.0. The van der Waals surface area contributed by atoms with E-state index in [0.717, 1.165) is 4.90 Å². The summed E-state index contributed by atoms with van der Waals surface area (Å²) in [5, 5.41) is 64.7. The minimum Gasteiger partial charge on any atom is -0.480 e. The largest absolute Gasteiger partial charge is 0.490 e. The summed E-state index contributed by atoms with van der Waals surface area (Å²) in [4.78, 5) is 154. The van der Waals surface area contributed by atoms with Crippen molar-refractivity contribution in [2.75, 3.05) is 91.6 Å². The minimum atomic E-state index is -5.08. The Morgan fingerprint density at radius 1 is 0.517 bits per heavy atom. The van der Waals surface area contributed by atoms with Crippen molar-refractivity contribution in [3.63, 3.8) is 0 Å². The van der Waals surface area contributed by atoms with E-state index in [2.05, 4.69) is 16.0 Å². The van der Waals surface area contributed by atoms with E-state index in [1.165, 1.54) is 18.2 Å². The summed E-state index contributed by atoms with van der Waals surface area (Å²) in [5.41, 5.74) is -0.0650. The minimum absolute atomic E-state index is 0.0398. The maximum atomic E-state index is 13.2. The van der Waals surface area contributed by atoms with E-state index >= 15 is 0 Å². The van der Waals surface area contributed by atoms with Crippen LogP contribution in [0.5, 0.6) is 0 Å². The molecular weight excluding hydrogens is 1250 g/mol. The molecule has 3 rings (SSSR count). The van der Waals surface area contributed by atoms with Crippen LogP contribution in [0.4, 0.5) is 52.7 Å². The molecule has 2 heterocycles. The van der Waals surface area contributed by atoms with E-state index < -0.39 is 114 Å². The molecule has 2 aliphatic rings. The van der Waals surface area contributed by atoms with Gasteiger partial charge in [-0.05, 0) is 57.7 Å². The Hall–Kier alpha value is -8.73. The van der Waals surface area contributed by atoms with Gasteiger partial charge in [0.05, 0.1) is 32.7 Å². The third-order valence-corrected chi connectivity index (χ3v) is 10.5. The number of carbonyl (C=O) groups is 13. The molecule has 1 aromatic rings. The van der Waals surface area contributed by atoms with Gasteiger partial charge in [-0.2, -0.15) is 52.7 Å². The molecule has 0 bridgehead atoms. The molecule has 1 saturated heterocycles. The smallest absolute Gasteiger partial charge is 0.480 e. The molecule has 0 saturated carbocycles. The number of halogens is 12. The number of ether oxygens (including phenoxy) is 1. The van der Waals surface area contributed by atoms with Gasteiger partial charge in [-0.1, -0.05) is 12.1 Å². The van der Waals surface area contributed by atoms with Crippen molar-refractivity contribution < 1.29 is 155 Å². The number of aliphatic carboxylic acids is 7. The number of carboxylic acid groups (broad SMARTS) is 7. The molecule has 0 aromatic heterocycles. The SMILES string of the molecule is CC(C)(C)OC(=O)[C@H](CCCCN1C(=O)C=CC1=O)NC(=O)CNC(=O)c1cccc(CNC(=O)CN2CCN(CC(=O)O)CCN(CC(=O)O)CCN(CC(=O)O)CC2)c1.O=C(O)C(F)(F)F.O=C(O)C(F)(F)F.O=C(O)C(F)(F)F.O=C(O)C(F)(F)F. The van der Waals surface area contributed by atoms with Crippen molar-refractivity contribution in [3.8, 4) is 0 Å². The lowest BCUT2D eigenvalue weighted by atomic mass is 10.1. The predicted octanol–water partition coefficient (Wildman–Crippen LogP) is 0.963. The van der Waals surface area contributed by atoms with Gasteiger partial charge in [0, 0.05) is 83.2 Å². The highest BCUT2D eigenvalue weighted by molar-refractivity contribution is 6.12. The number of hydrogen-bond acceptors (Lipinski definition) is 18. The van der Waals surface area contributed by atoms with Crippen molar-refractivity contribution in [2.24, 2.45) is 0 Å². The molecule has 5 amide bonds. The molecule has 0 unspecified atom stereocenters. The van der Waals surface area contributed by atoms with Crippen LogP contribution < -0.4 is 16.0 Å². The third kappa shape index (κ3) is 40.4. The molecule has 1 atom stereocenters. The zero-order valence-electron chi connectivity index (χ0n) is 46.9. The summed E-state index contributed by atoms with van der Waals surface area (Å²) in [6.45, 7) is 5.82. The lowest BCUT2D eigenvalue weighted by molar-refractivity contribution is -0.193. The zero-order chi connectivity index (χ0) is 69.4. The molecule has 1 aromatic carbocycles. The van der Waals surface area contributed by atoms with Gasteiger partial charge in [-0.3, -0.25) is 62.9 Å². The normalized spacial score (nSPS) is 15.1. The van der Waals surface area contributed by atoms with Gasteiger partial charge in [-0.25, -0.2) is 24.0 Å². The summed E-state index contributed by atoms with van der Waals surface area (Å²) in [6, 6.07) is 5.31. The maximum absolute atomic E-state index is 13.2. The summed E-state index contributed by atoms with van der Waals surface area (Å²) >= 11 is 0. The summed E-state index contributed by atoms with van der Waals surface area (Å²) in [7, 11) is 0. The first-order chi connectivity index (χ1) is 40.5. The van der Waals surface area contributed by atoms with E-state index in [1.807, 2.05) is 0 Å². The standard InChI is InChI=1S/C40H58N8O13.4C2HF3O2/c1-40(2,3)61-39(60)30(9-4-5-12-48-33(51)10-11-34(48)52)43-31(49)23-42-38(59)29-8-6-7-28(21-29)22-41-32(50)24-44-13-15-45(25-35(53)54)17-19-47(27-37(57)58)20-18-46(16-14-44)26-36(55)56;4*3-2(4,5)1(6)7/h6-8,10-11,21,30H,4-5,9,12-20,22-27H2,1-3H3,(H,41,50)(H,42,59)(H,43,49)(H,53,54)(H,55,56)(H,57,58);4*(H,6,7)/t30-;;;;/m0..../s1. The monoisotopic (exact) mass is 1310 g/mol. The van der Waals surface area contributed by atoms with Crippen molar-refractivity contribution in [1.82, 2.24) is 40.4 Å². The average molecular weight is 1320 g/mol. The van der Waals surface area contributed by atoms with Crippen LogP contribution in [0, 0.1) is 0 Å². The second-order valence-electron chi connectivity index (χ2n) is 19.0. The van der Waals surface area contributed by atoms with Crippen LogP contribution in [0.1, 0.15) is 56.0 Å². The first-order valence-electron chi connectivity index (χ1n) is 25.0. The summed E-state index contributed by atoms with van der Waals surface area (Å²) in [5.74, 6) is -17.3. The van der Waals surface area contributed by atoms with Crippen LogP contribution in [0.3, 0.4) is 0 Å². The summed E-state index contributed by atoms with van der Waals surface area (Å²) < 4.78 is 132. The molecule has 41 heteroatoms. The Morgan fingerprint density at radius 3 is 1.19 bits per heavy atom. The van der Waals surface area contributed by atoms with E-state index in [1.54, 1.807) is 58.6 Å². The molecule has 1 fully saturated rings. The molecular formula is C48H62F12N8O21. The van der Waals surface area contributed by atoms with Crippen LogP contribution in [0.15, 0.2) is 36.4 Å². The molecule has 10 N–H and O–H groups in total. The number of nitrogens with zero attached hydrogens (tertiary/aromatic N) is 5. The lowest BCUT2D eigenvalue weighted by Gasteiger charge is -2.32. The fourth-order valence-corrected chi connectivity index (χ4v) is 6.47. The molecule has 0 spiro atoms. The fraction of sp³-hybridized carbons (Fsp3) is 0.562. The van der Waals surface area contributed by atoms with E-state index in [4.69, 9.17) is 44.3 Å². The molecule has 89 heavy (non-hydrogen) atoms. The van der Waals surface area contributed by atoms with Gasteiger partial charge in [0.25, 0.3) is 17.7 Å². The Bertz CT molecular complexity index is 2490. The highest BCUT2D eigenvalue weighted by Crippen LogP contribution is 2.17. The van der Waals surface area contributed by atoms with Crippen LogP contribution in [0.25, 0.3) is 0 Å². The van der Waals surface area contributed by atoms with Crippen molar-refractivity contribution in [1.29, 1.82) is 0 Å². The second kappa shape index (κ2) is 38.5. The number of imide groups is 1. The average Bonchev–Trinajstić information content (AvgIpc) is 4.04. The van der Waals surface area contributed by atoms with Crippen molar-refractivity contribution >= 4 is 77.3 Å². The Balaban J connectivity index is 0. The number of alkyl halides is 12. The number of esters is 1. The molecule has 2 aliphatic heterocycles. The van der Waals surface area contributed by atoms with Gasteiger partial charge in [0.15, 0.2) is 0 Å². The molecule has 0 aliphatic carbocycles. The Morgan fingerprint density at radius 2 is 0.865 bits per heavy atom. The predicted molar refractivity (Wildman–Crippen MR) is 272 cm³/mol. The Kier molecular flexibility index (Phi) is 35.6. The lowest BCUT2D eigenvalue weighted by Crippen LogP contribution is -2.49. The molecule has 504 valence electrons. The van der Waals surface area contributed by atoms with E-state index in [0.29, 0.717) is 18.4 Å². The van der Waals surface area contributed by atoms with Gasteiger partial charge in [0.1, 0.15) is 11.6 Å². The topological polar surface area (TPSA) is 425 Å². The van der Waals surface area contributed by atoms with Gasteiger partial charge in [-0.15, -0.1) is 0 Å². The maximum Gasteiger partial charge on any atom is 0.490 e. The summed E-state index contributed by atoms with van der Waals surface area (Å²) in [6.07, 6.45) is -17.0. The third-order valence-electron chi connectivity index (χ3n) is 10.5. The van der Waals surface area contributed by atoms with Gasteiger partial charge >= 0.3 is 72.5 Å². The van der Waals surface area contributed by atoms with Crippen LogP contribution in [-0.4, -0.2) is 266 Å².